The molecule has 1 saturated heterocycles. The Morgan fingerprint density at radius 2 is 2.33 bits per heavy atom. The number of hydrogen-bond acceptors (Lipinski definition) is 3. The molecule has 1 aromatic heterocycles. The van der Waals surface area contributed by atoms with Gasteiger partial charge >= 0.3 is 5.97 Å². The third kappa shape index (κ3) is 2.61. The van der Waals surface area contributed by atoms with Crippen molar-refractivity contribution < 1.29 is 14.7 Å². The highest BCUT2D eigenvalue weighted by molar-refractivity contribution is 7.11. The lowest BCUT2D eigenvalue weighted by atomic mass is 10.2. The van der Waals surface area contributed by atoms with Crippen molar-refractivity contribution >= 4 is 29.3 Å². The summed E-state index contributed by atoms with van der Waals surface area (Å²) in [6.07, 6.45) is 4.54. The number of carboxylic acid groups (broad SMARTS) is 1. The van der Waals surface area contributed by atoms with Gasteiger partial charge in [0.1, 0.15) is 6.04 Å². The molecule has 0 radical (unpaired) electrons. The molecular formula is C13H15NO3S. The highest BCUT2D eigenvalue weighted by Gasteiger charge is 2.32. The van der Waals surface area contributed by atoms with Crippen molar-refractivity contribution in [2.24, 2.45) is 0 Å². The van der Waals surface area contributed by atoms with Crippen LogP contribution in [0.3, 0.4) is 0 Å². The van der Waals surface area contributed by atoms with E-state index in [4.69, 9.17) is 5.11 Å². The van der Waals surface area contributed by atoms with E-state index in [2.05, 4.69) is 0 Å². The molecule has 1 aliphatic rings. The molecule has 1 fully saturated rings. The average Bonchev–Trinajstić information content (AvgIpc) is 2.94. The first-order valence-corrected chi connectivity index (χ1v) is 6.73. The van der Waals surface area contributed by atoms with Crippen molar-refractivity contribution in [1.82, 2.24) is 4.90 Å². The molecule has 0 saturated carbocycles. The SMILES string of the molecule is Cc1ccsc1/C=C/C(=O)N1CCCC1C(=O)O. The van der Waals surface area contributed by atoms with Gasteiger partial charge in [0.2, 0.25) is 5.91 Å². The van der Waals surface area contributed by atoms with E-state index >= 15 is 0 Å². The monoisotopic (exact) mass is 265 g/mol. The normalized spacial score (nSPS) is 19.6. The van der Waals surface area contributed by atoms with Crippen molar-refractivity contribution in [1.29, 1.82) is 0 Å². The summed E-state index contributed by atoms with van der Waals surface area (Å²) in [6.45, 7) is 2.51. The molecule has 2 rings (SSSR count). The van der Waals surface area contributed by atoms with E-state index in [0.29, 0.717) is 13.0 Å². The Morgan fingerprint density at radius 3 is 2.94 bits per heavy atom. The maximum atomic E-state index is 11.9. The second kappa shape index (κ2) is 5.35. The van der Waals surface area contributed by atoms with Gasteiger partial charge in [-0.25, -0.2) is 4.79 Å². The summed E-state index contributed by atoms with van der Waals surface area (Å²) in [5.74, 6) is -1.13. The number of thiophene rings is 1. The van der Waals surface area contributed by atoms with E-state index in [1.165, 1.54) is 11.0 Å². The highest BCUT2D eigenvalue weighted by atomic mass is 32.1. The summed E-state index contributed by atoms with van der Waals surface area (Å²) in [5.41, 5.74) is 1.13. The van der Waals surface area contributed by atoms with Gasteiger partial charge in [0.05, 0.1) is 0 Å². The van der Waals surface area contributed by atoms with E-state index in [9.17, 15) is 9.59 Å². The molecule has 1 unspecified atom stereocenters. The van der Waals surface area contributed by atoms with Crippen LogP contribution in [0.1, 0.15) is 23.3 Å². The molecule has 2 heterocycles. The number of carbonyl (C=O) groups excluding carboxylic acids is 1. The van der Waals surface area contributed by atoms with Crippen LogP contribution in [-0.2, 0) is 9.59 Å². The minimum Gasteiger partial charge on any atom is -0.480 e. The van der Waals surface area contributed by atoms with Gasteiger partial charge in [0, 0.05) is 17.5 Å². The van der Waals surface area contributed by atoms with Gasteiger partial charge in [-0.2, -0.15) is 0 Å². The molecule has 96 valence electrons. The van der Waals surface area contributed by atoms with Crippen molar-refractivity contribution in [3.05, 3.63) is 28.0 Å². The van der Waals surface area contributed by atoms with Crippen molar-refractivity contribution in [2.45, 2.75) is 25.8 Å². The molecule has 1 N–H and O–H groups in total. The lowest BCUT2D eigenvalue weighted by Crippen LogP contribution is -2.39. The van der Waals surface area contributed by atoms with Crippen LogP contribution in [0, 0.1) is 6.92 Å². The largest absolute Gasteiger partial charge is 0.480 e. The number of likely N-dealkylation sites (tertiary alicyclic amines) is 1. The summed E-state index contributed by atoms with van der Waals surface area (Å²) in [5, 5.41) is 11.0. The fourth-order valence-electron chi connectivity index (χ4n) is 2.09. The van der Waals surface area contributed by atoms with Gasteiger partial charge < -0.3 is 10.0 Å². The summed E-state index contributed by atoms with van der Waals surface area (Å²) >= 11 is 1.57. The van der Waals surface area contributed by atoms with Crippen LogP contribution in [0.4, 0.5) is 0 Å². The maximum absolute atomic E-state index is 11.9. The summed E-state index contributed by atoms with van der Waals surface area (Å²) in [7, 11) is 0. The zero-order valence-electron chi connectivity index (χ0n) is 10.1. The molecule has 1 aromatic rings. The van der Waals surface area contributed by atoms with Gasteiger partial charge in [-0.05, 0) is 42.9 Å². The van der Waals surface area contributed by atoms with E-state index in [0.717, 1.165) is 16.9 Å². The van der Waals surface area contributed by atoms with Gasteiger partial charge in [-0.15, -0.1) is 11.3 Å². The van der Waals surface area contributed by atoms with Crippen LogP contribution in [-0.4, -0.2) is 34.5 Å². The van der Waals surface area contributed by atoms with Crippen molar-refractivity contribution in [3.63, 3.8) is 0 Å². The smallest absolute Gasteiger partial charge is 0.326 e. The van der Waals surface area contributed by atoms with Crippen LogP contribution >= 0.6 is 11.3 Å². The number of carbonyl (C=O) groups is 2. The number of amides is 1. The van der Waals surface area contributed by atoms with Crippen LogP contribution in [0.2, 0.25) is 0 Å². The van der Waals surface area contributed by atoms with E-state index < -0.39 is 12.0 Å². The summed E-state index contributed by atoms with van der Waals surface area (Å²) < 4.78 is 0. The van der Waals surface area contributed by atoms with Gasteiger partial charge in [0.15, 0.2) is 0 Å². The lowest BCUT2D eigenvalue weighted by Gasteiger charge is -2.19. The fourth-order valence-corrected chi connectivity index (χ4v) is 2.90. The molecule has 18 heavy (non-hydrogen) atoms. The number of hydrogen-bond donors (Lipinski definition) is 1. The number of nitrogens with zero attached hydrogens (tertiary/aromatic N) is 1. The Bertz CT molecular complexity index is 492. The Balaban J connectivity index is 2.06. The second-order valence-electron chi connectivity index (χ2n) is 4.33. The predicted molar refractivity (Wildman–Crippen MR) is 70.5 cm³/mol. The van der Waals surface area contributed by atoms with Crippen LogP contribution in [0.5, 0.6) is 0 Å². The van der Waals surface area contributed by atoms with Crippen LogP contribution in [0.15, 0.2) is 17.5 Å². The Labute approximate surface area is 110 Å². The number of carboxylic acids is 1. The van der Waals surface area contributed by atoms with Crippen LogP contribution in [0.25, 0.3) is 6.08 Å². The molecule has 0 spiro atoms. The van der Waals surface area contributed by atoms with E-state index in [1.54, 1.807) is 17.4 Å². The molecule has 1 aliphatic heterocycles. The van der Waals surface area contributed by atoms with Crippen molar-refractivity contribution in [2.75, 3.05) is 6.54 Å². The molecule has 0 aliphatic carbocycles. The molecule has 5 heteroatoms. The number of aliphatic carboxylic acids is 1. The lowest BCUT2D eigenvalue weighted by molar-refractivity contribution is -0.146. The molecule has 1 amide bonds. The predicted octanol–water partition coefficient (Wildman–Crippen LogP) is 2.15. The highest BCUT2D eigenvalue weighted by Crippen LogP contribution is 2.20. The quantitative estimate of drug-likeness (QED) is 0.852. The van der Waals surface area contributed by atoms with Gasteiger partial charge in [0.25, 0.3) is 0 Å². The Morgan fingerprint density at radius 1 is 1.56 bits per heavy atom. The zero-order chi connectivity index (χ0) is 13.1. The third-order valence-electron chi connectivity index (χ3n) is 3.10. The van der Waals surface area contributed by atoms with Crippen LogP contribution < -0.4 is 0 Å². The van der Waals surface area contributed by atoms with Gasteiger partial charge in [-0.3, -0.25) is 4.79 Å². The first-order chi connectivity index (χ1) is 8.59. The first-order valence-electron chi connectivity index (χ1n) is 5.85. The zero-order valence-corrected chi connectivity index (χ0v) is 10.9. The minimum atomic E-state index is -0.915. The number of rotatable bonds is 3. The average molecular weight is 265 g/mol. The van der Waals surface area contributed by atoms with E-state index in [1.807, 2.05) is 18.4 Å². The first kappa shape index (κ1) is 12.8. The summed E-state index contributed by atoms with van der Waals surface area (Å²) in [6, 6.07) is 1.33. The van der Waals surface area contributed by atoms with Gasteiger partial charge in [-0.1, -0.05) is 0 Å². The third-order valence-corrected chi connectivity index (χ3v) is 4.08. The standard InChI is InChI=1S/C13H15NO3S/c1-9-6-8-18-11(9)4-5-12(15)14-7-2-3-10(14)13(16)17/h4-6,8,10H,2-3,7H2,1H3,(H,16,17)/b5-4+. The fraction of sp³-hybridized carbons (Fsp3) is 0.385. The second-order valence-corrected chi connectivity index (χ2v) is 5.28. The molecule has 4 nitrogen and oxygen atoms in total. The maximum Gasteiger partial charge on any atom is 0.326 e. The molecule has 0 bridgehead atoms. The summed E-state index contributed by atoms with van der Waals surface area (Å²) in [4.78, 5) is 25.4. The van der Waals surface area contributed by atoms with Crippen molar-refractivity contribution in [3.8, 4) is 0 Å². The van der Waals surface area contributed by atoms with E-state index in [-0.39, 0.29) is 5.91 Å². The number of aryl methyl sites for hydroxylation is 1. The Kier molecular flexibility index (Phi) is 3.81. The Hall–Kier alpha value is -1.62. The molecule has 1 atom stereocenters. The minimum absolute atomic E-state index is 0.215. The molecular weight excluding hydrogens is 250 g/mol. The molecule has 0 aromatic carbocycles. The topological polar surface area (TPSA) is 57.6 Å².